The van der Waals surface area contributed by atoms with Crippen molar-refractivity contribution in [1.29, 1.82) is 0 Å². The summed E-state index contributed by atoms with van der Waals surface area (Å²) in [4.78, 5) is 0. The van der Waals surface area contributed by atoms with Gasteiger partial charge in [0.25, 0.3) is 0 Å². The Morgan fingerprint density at radius 2 is 1.89 bits per heavy atom. The summed E-state index contributed by atoms with van der Waals surface area (Å²) in [5.74, 6) is 2.81. The summed E-state index contributed by atoms with van der Waals surface area (Å²) in [6, 6.07) is 10.3. The van der Waals surface area contributed by atoms with Crippen molar-refractivity contribution in [2.24, 2.45) is 0 Å². The molecule has 0 aromatic heterocycles. The Morgan fingerprint density at radius 1 is 1.06 bits per heavy atom. The van der Waals surface area contributed by atoms with Gasteiger partial charge < -0.3 is 9.47 Å². The van der Waals surface area contributed by atoms with E-state index in [2.05, 4.69) is 32.0 Å². The largest absolute Gasteiger partial charge is 0.497 e. The summed E-state index contributed by atoms with van der Waals surface area (Å²) in [6.07, 6.45) is 0.911. The topological polar surface area (TPSA) is 18.5 Å². The van der Waals surface area contributed by atoms with E-state index in [0.29, 0.717) is 0 Å². The molecule has 0 radical (unpaired) electrons. The second-order valence-corrected chi connectivity index (χ2v) is 4.81. The van der Waals surface area contributed by atoms with Crippen LogP contribution in [0.1, 0.15) is 22.3 Å². The molecule has 0 fully saturated rings. The molecule has 0 saturated heterocycles. The Hall–Kier alpha value is -1.96. The van der Waals surface area contributed by atoms with Crippen molar-refractivity contribution in [2.75, 3.05) is 7.11 Å². The lowest BCUT2D eigenvalue weighted by molar-refractivity contribution is 0.410. The maximum absolute atomic E-state index is 5.98. The molecule has 0 N–H and O–H groups in total. The zero-order chi connectivity index (χ0) is 12.7. The van der Waals surface area contributed by atoms with E-state index in [-0.39, 0.29) is 0 Å². The molecule has 1 heterocycles. The van der Waals surface area contributed by atoms with Gasteiger partial charge >= 0.3 is 0 Å². The highest BCUT2D eigenvalue weighted by molar-refractivity contribution is 5.55. The van der Waals surface area contributed by atoms with Gasteiger partial charge in [-0.15, -0.1) is 0 Å². The van der Waals surface area contributed by atoms with Gasteiger partial charge in [-0.2, -0.15) is 0 Å². The van der Waals surface area contributed by atoms with Crippen LogP contribution >= 0.6 is 0 Å². The minimum Gasteiger partial charge on any atom is -0.497 e. The maximum Gasteiger partial charge on any atom is 0.131 e. The Bertz CT molecular complexity index is 615. The molecule has 2 nitrogen and oxygen atoms in total. The number of methoxy groups -OCH3 is 1. The van der Waals surface area contributed by atoms with Crippen LogP contribution in [0.4, 0.5) is 0 Å². The highest BCUT2D eigenvalue weighted by Crippen LogP contribution is 2.39. The molecule has 2 aromatic carbocycles. The van der Waals surface area contributed by atoms with Gasteiger partial charge in [0.1, 0.15) is 17.2 Å². The molecule has 1 aliphatic rings. The molecule has 0 unspecified atom stereocenters. The van der Waals surface area contributed by atoms with Gasteiger partial charge in [-0.3, -0.25) is 0 Å². The van der Waals surface area contributed by atoms with E-state index in [4.69, 9.17) is 9.47 Å². The Balaban J connectivity index is 2.09. The van der Waals surface area contributed by atoms with Gasteiger partial charge in [0.2, 0.25) is 0 Å². The molecular weight excluding hydrogens is 224 g/mol. The number of hydrogen-bond acceptors (Lipinski definition) is 2. The van der Waals surface area contributed by atoms with Gasteiger partial charge in [0.15, 0.2) is 0 Å². The SMILES string of the molecule is COc1ccc2c(c1)Cc1c(C)cc(C)cc1O2. The Morgan fingerprint density at radius 3 is 2.67 bits per heavy atom. The zero-order valence-electron chi connectivity index (χ0n) is 10.9. The van der Waals surface area contributed by atoms with Crippen LogP contribution in [0.5, 0.6) is 17.2 Å². The van der Waals surface area contributed by atoms with Crippen LogP contribution in [-0.2, 0) is 6.42 Å². The molecule has 0 atom stereocenters. The predicted octanol–water partition coefficient (Wildman–Crippen LogP) is 4.01. The van der Waals surface area contributed by atoms with Gasteiger partial charge in [-0.1, -0.05) is 6.07 Å². The number of benzene rings is 2. The molecule has 18 heavy (non-hydrogen) atoms. The molecule has 0 amide bonds. The van der Waals surface area contributed by atoms with Crippen molar-refractivity contribution < 1.29 is 9.47 Å². The van der Waals surface area contributed by atoms with E-state index in [9.17, 15) is 0 Å². The van der Waals surface area contributed by atoms with Crippen LogP contribution in [0.3, 0.4) is 0 Å². The summed E-state index contributed by atoms with van der Waals surface area (Å²) in [5.41, 5.74) is 5.00. The number of fused-ring (bicyclic) bond motifs is 2. The summed E-state index contributed by atoms with van der Waals surface area (Å²) in [5, 5.41) is 0. The Labute approximate surface area is 107 Å². The first-order valence-corrected chi connectivity index (χ1v) is 6.12. The quantitative estimate of drug-likeness (QED) is 0.640. The smallest absolute Gasteiger partial charge is 0.131 e. The van der Waals surface area contributed by atoms with Crippen LogP contribution < -0.4 is 9.47 Å². The van der Waals surface area contributed by atoms with Crippen LogP contribution in [0.25, 0.3) is 0 Å². The van der Waals surface area contributed by atoms with Crippen LogP contribution in [0.15, 0.2) is 30.3 Å². The Kier molecular flexibility index (Phi) is 2.51. The lowest BCUT2D eigenvalue weighted by Crippen LogP contribution is -2.05. The highest BCUT2D eigenvalue weighted by Gasteiger charge is 2.19. The second-order valence-electron chi connectivity index (χ2n) is 4.81. The van der Waals surface area contributed by atoms with Crippen molar-refractivity contribution >= 4 is 0 Å². The normalized spacial score (nSPS) is 12.4. The molecule has 0 bridgehead atoms. The van der Waals surface area contributed by atoms with Crippen molar-refractivity contribution in [3.05, 3.63) is 52.6 Å². The third-order valence-corrected chi connectivity index (χ3v) is 3.43. The first-order valence-electron chi connectivity index (χ1n) is 6.12. The lowest BCUT2D eigenvalue weighted by Gasteiger charge is -2.22. The zero-order valence-corrected chi connectivity index (χ0v) is 10.9. The van der Waals surface area contributed by atoms with E-state index in [1.54, 1.807) is 7.11 Å². The van der Waals surface area contributed by atoms with Gasteiger partial charge in [0, 0.05) is 17.5 Å². The number of rotatable bonds is 1. The van der Waals surface area contributed by atoms with E-state index in [1.807, 2.05) is 12.1 Å². The first-order chi connectivity index (χ1) is 8.67. The summed E-state index contributed by atoms with van der Waals surface area (Å²) >= 11 is 0. The lowest BCUT2D eigenvalue weighted by atomic mass is 9.95. The molecule has 0 spiro atoms. The summed E-state index contributed by atoms with van der Waals surface area (Å²) in [6.45, 7) is 4.24. The highest BCUT2D eigenvalue weighted by atomic mass is 16.5. The maximum atomic E-state index is 5.98. The second kappa shape index (κ2) is 4.05. The molecule has 0 aliphatic carbocycles. The van der Waals surface area contributed by atoms with Crippen molar-refractivity contribution in [3.8, 4) is 17.2 Å². The molecule has 3 rings (SSSR count). The molecular formula is C16H16O2. The average Bonchev–Trinajstić information content (AvgIpc) is 2.36. The minimum absolute atomic E-state index is 0.880. The van der Waals surface area contributed by atoms with Crippen molar-refractivity contribution in [3.63, 3.8) is 0 Å². The third kappa shape index (κ3) is 1.74. The monoisotopic (exact) mass is 240 g/mol. The fraction of sp³-hybridized carbons (Fsp3) is 0.250. The molecule has 92 valence electrons. The van der Waals surface area contributed by atoms with Crippen LogP contribution in [0.2, 0.25) is 0 Å². The molecule has 1 aliphatic heterocycles. The predicted molar refractivity (Wildman–Crippen MR) is 71.8 cm³/mol. The van der Waals surface area contributed by atoms with Crippen molar-refractivity contribution in [1.82, 2.24) is 0 Å². The standard InChI is InChI=1S/C16H16O2/c1-10-6-11(2)14-9-12-8-13(17-3)4-5-15(12)18-16(14)7-10/h4-8H,9H2,1-3H3. The molecule has 2 aromatic rings. The molecule has 0 saturated carbocycles. The number of ether oxygens (including phenoxy) is 2. The molecule has 2 heteroatoms. The van der Waals surface area contributed by atoms with Gasteiger partial charge in [-0.25, -0.2) is 0 Å². The van der Waals surface area contributed by atoms with E-state index in [1.165, 1.54) is 22.3 Å². The van der Waals surface area contributed by atoms with E-state index in [0.717, 1.165) is 23.7 Å². The fourth-order valence-corrected chi connectivity index (χ4v) is 2.51. The van der Waals surface area contributed by atoms with Crippen LogP contribution in [0, 0.1) is 13.8 Å². The van der Waals surface area contributed by atoms with E-state index < -0.39 is 0 Å². The number of hydrogen-bond donors (Lipinski definition) is 0. The summed E-state index contributed by atoms with van der Waals surface area (Å²) < 4.78 is 11.2. The van der Waals surface area contributed by atoms with Crippen LogP contribution in [-0.4, -0.2) is 7.11 Å². The minimum atomic E-state index is 0.880. The first kappa shape index (κ1) is 11.1. The van der Waals surface area contributed by atoms with Gasteiger partial charge in [0.05, 0.1) is 7.11 Å². The summed E-state index contributed by atoms with van der Waals surface area (Å²) in [7, 11) is 1.69. The van der Waals surface area contributed by atoms with E-state index >= 15 is 0 Å². The van der Waals surface area contributed by atoms with Crippen molar-refractivity contribution in [2.45, 2.75) is 20.3 Å². The number of aryl methyl sites for hydroxylation is 2. The third-order valence-electron chi connectivity index (χ3n) is 3.43. The fourth-order valence-electron chi connectivity index (χ4n) is 2.51. The van der Waals surface area contributed by atoms with Gasteiger partial charge in [-0.05, 0) is 49.2 Å². The average molecular weight is 240 g/mol.